The molecule has 0 aliphatic heterocycles. The molecule has 1 aromatic carbocycles. The number of hydrogen-bond acceptors (Lipinski definition) is 5. The van der Waals surface area contributed by atoms with Crippen LogP contribution in [0, 0.1) is 0 Å². The standard InChI is InChI=1S/C13H20N4O3/c1-9(12(18)15-7-8-20-2)16-13(19)10-3-5-11(17-14)6-4-10/h3-6,9,17H,7-8,14H2,1-2H3,(H,15,18)(H,16,19). The van der Waals surface area contributed by atoms with Crippen LogP contribution < -0.4 is 21.9 Å². The number of amides is 2. The average molecular weight is 280 g/mol. The van der Waals surface area contributed by atoms with E-state index in [4.69, 9.17) is 10.6 Å². The van der Waals surface area contributed by atoms with Gasteiger partial charge in [0.25, 0.3) is 5.91 Å². The molecule has 1 rings (SSSR count). The van der Waals surface area contributed by atoms with Gasteiger partial charge in [-0.25, -0.2) is 0 Å². The first kappa shape index (κ1) is 15.9. The van der Waals surface area contributed by atoms with Crippen LogP contribution in [-0.2, 0) is 9.53 Å². The lowest BCUT2D eigenvalue weighted by atomic mass is 10.2. The Hall–Kier alpha value is -2.12. The van der Waals surface area contributed by atoms with E-state index in [1.54, 1.807) is 38.3 Å². The molecule has 0 saturated heterocycles. The monoisotopic (exact) mass is 280 g/mol. The van der Waals surface area contributed by atoms with E-state index in [1.165, 1.54) is 0 Å². The molecule has 0 fully saturated rings. The fourth-order valence-corrected chi connectivity index (χ4v) is 1.49. The summed E-state index contributed by atoms with van der Waals surface area (Å²) in [5.74, 6) is 4.67. The molecule has 110 valence electrons. The number of ether oxygens (including phenoxy) is 1. The van der Waals surface area contributed by atoms with Gasteiger partial charge >= 0.3 is 0 Å². The molecule has 0 radical (unpaired) electrons. The first-order valence-corrected chi connectivity index (χ1v) is 6.22. The van der Waals surface area contributed by atoms with Gasteiger partial charge in [0.2, 0.25) is 5.91 Å². The number of hydrogen-bond donors (Lipinski definition) is 4. The van der Waals surface area contributed by atoms with Crippen LogP contribution >= 0.6 is 0 Å². The van der Waals surface area contributed by atoms with E-state index < -0.39 is 6.04 Å². The van der Waals surface area contributed by atoms with Gasteiger partial charge in [0.1, 0.15) is 6.04 Å². The number of rotatable bonds is 7. The van der Waals surface area contributed by atoms with Gasteiger partial charge in [-0.1, -0.05) is 0 Å². The number of carbonyl (C=O) groups excluding carboxylic acids is 2. The van der Waals surface area contributed by atoms with E-state index in [9.17, 15) is 9.59 Å². The minimum Gasteiger partial charge on any atom is -0.383 e. The van der Waals surface area contributed by atoms with E-state index in [1.807, 2.05) is 0 Å². The third-order valence-corrected chi connectivity index (χ3v) is 2.66. The maximum Gasteiger partial charge on any atom is 0.251 e. The predicted molar refractivity (Wildman–Crippen MR) is 76.1 cm³/mol. The van der Waals surface area contributed by atoms with Crippen molar-refractivity contribution in [2.75, 3.05) is 25.7 Å². The van der Waals surface area contributed by atoms with Gasteiger partial charge in [0.15, 0.2) is 0 Å². The number of nitrogens with one attached hydrogen (secondary N) is 3. The van der Waals surface area contributed by atoms with E-state index in [-0.39, 0.29) is 11.8 Å². The van der Waals surface area contributed by atoms with Crippen molar-refractivity contribution in [2.24, 2.45) is 5.84 Å². The maximum atomic E-state index is 11.9. The summed E-state index contributed by atoms with van der Waals surface area (Å²) in [5, 5.41) is 5.27. The van der Waals surface area contributed by atoms with Crippen LogP contribution in [0.5, 0.6) is 0 Å². The fourth-order valence-electron chi connectivity index (χ4n) is 1.49. The summed E-state index contributed by atoms with van der Waals surface area (Å²) in [6, 6.07) is 5.99. The zero-order valence-corrected chi connectivity index (χ0v) is 11.6. The van der Waals surface area contributed by atoms with Gasteiger partial charge in [0, 0.05) is 24.9 Å². The molecule has 0 heterocycles. The molecule has 0 aliphatic rings. The summed E-state index contributed by atoms with van der Waals surface area (Å²) >= 11 is 0. The van der Waals surface area contributed by atoms with Crippen LogP contribution in [0.2, 0.25) is 0 Å². The molecule has 1 aromatic rings. The highest BCUT2D eigenvalue weighted by Gasteiger charge is 2.15. The lowest BCUT2D eigenvalue weighted by Gasteiger charge is -2.14. The number of hydrazine groups is 1. The van der Waals surface area contributed by atoms with Gasteiger partial charge in [-0.05, 0) is 31.2 Å². The Morgan fingerprint density at radius 3 is 2.50 bits per heavy atom. The van der Waals surface area contributed by atoms with Gasteiger partial charge in [-0.15, -0.1) is 0 Å². The average Bonchev–Trinajstić information content (AvgIpc) is 2.47. The topological polar surface area (TPSA) is 105 Å². The molecule has 7 nitrogen and oxygen atoms in total. The number of anilines is 1. The quantitative estimate of drug-likeness (QED) is 0.316. The molecular weight excluding hydrogens is 260 g/mol. The number of nitrogens with two attached hydrogens (primary N) is 1. The molecule has 1 unspecified atom stereocenters. The number of methoxy groups -OCH3 is 1. The van der Waals surface area contributed by atoms with Crippen molar-refractivity contribution in [2.45, 2.75) is 13.0 Å². The SMILES string of the molecule is COCCNC(=O)C(C)NC(=O)c1ccc(NN)cc1. The highest BCUT2D eigenvalue weighted by atomic mass is 16.5. The Kier molecular flexibility index (Phi) is 6.48. The Balaban J connectivity index is 2.49. The Bertz CT molecular complexity index is 447. The Morgan fingerprint density at radius 2 is 1.95 bits per heavy atom. The molecule has 1 atom stereocenters. The molecule has 0 spiro atoms. The molecule has 20 heavy (non-hydrogen) atoms. The zero-order valence-electron chi connectivity index (χ0n) is 11.6. The van der Waals surface area contributed by atoms with Crippen LogP contribution in [0.3, 0.4) is 0 Å². The lowest BCUT2D eigenvalue weighted by Crippen LogP contribution is -2.45. The Labute approximate surface area is 117 Å². The largest absolute Gasteiger partial charge is 0.383 e. The van der Waals surface area contributed by atoms with E-state index in [0.29, 0.717) is 24.4 Å². The van der Waals surface area contributed by atoms with Crippen LogP contribution in [-0.4, -0.2) is 38.1 Å². The summed E-state index contributed by atoms with van der Waals surface area (Å²) in [6.45, 7) is 2.46. The van der Waals surface area contributed by atoms with Crippen LogP contribution in [0.15, 0.2) is 24.3 Å². The summed E-state index contributed by atoms with van der Waals surface area (Å²) in [5.41, 5.74) is 3.63. The first-order chi connectivity index (χ1) is 9.58. The van der Waals surface area contributed by atoms with E-state index >= 15 is 0 Å². The normalized spacial score (nSPS) is 11.6. The second-order valence-corrected chi connectivity index (χ2v) is 4.20. The van der Waals surface area contributed by atoms with E-state index in [0.717, 1.165) is 0 Å². The third kappa shape index (κ3) is 4.87. The number of carbonyl (C=O) groups is 2. The van der Waals surface area contributed by atoms with Gasteiger partial charge < -0.3 is 20.8 Å². The van der Waals surface area contributed by atoms with Crippen LogP contribution in [0.25, 0.3) is 0 Å². The van der Waals surface area contributed by atoms with E-state index in [2.05, 4.69) is 16.1 Å². The van der Waals surface area contributed by atoms with Crippen LogP contribution in [0.1, 0.15) is 17.3 Å². The van der Waals surface area contributed by atoms with Crippen molar-refractivity contribution in [1.29, 1.82) is 0 Å². The highest BCUT2D eigenvalue weighted by molar-refractivity contribution is 5.97. The maximum absolute atomic E-state index is 11.9. The summed E-state index contributed by atoms with van der Waals surface area (Å²) < 4.78 is 4.83. The van der Waals surface area contributed by atoms with Gasteiger partial charge in [-0.2, -0.15) is 0 Å². The summed E-state index contributed by atoms with van der Waals surface area (Å²) in [7, 11) is 1.55. The van der Waals surface area contributed by atoms with Crippen molar-refractivity contribution in [1.82, 2.24) is 10.6 Å². The van der Waals surface area contributed by atoms with Crippen molar-refractivity contribution < 1.29 is 14.3 Å². The van der Waals surface area contributed by atoms with Gasteiger partial charge in [-0.3, -0.25) is 15.4 Å². The lowest BCUT2D eigenvalue weighted by molar-refractivity contribution is -0.122. The summed E-state index contributed by atoms with van der Waals surface area (Å²) in [6.07, 6.45) is 0. The molecule has 2 amide bonds. The fraction of sp³-hybridized carbons (Fsp3) is 0.385. The third-order valence-electron chi connectivity index (χ3n) is 2.66. The number of benzene rings is 1. The smallest absolute Gasteiger partial charge is 0.251 e. The van der Waals surface area contributed by atoms with Crippen molar-refractivity contribution >= 4 is 17.5 Å². The second kappa shape index (κ2) is 8.13. The minimum absolute atomic E-state index is 0.254. The second-order valence-electron chi connectivity index (χ2n) is 4.20. The zero-order chi connectivity index (χ0) is 15.0. The molecule has 0 aliphatic carbocycles. The van der Waals surface area contributed by atoms with Crippen molar-refractivity contribution in [3.8, 4) is 0 Å². The highest BCUT2D eigenvalue weighted by Crippen LogP contribution is 2.07. The predicted octanol–water partition coefficient (Wildman–Crippen LogP) is -0.147. The van der Waals surface area contributed by atoms with Crippen molar-refractivity contribution in [3.63, 3.8) is 0 Å². The minimum atomic E-state index is -0.619. The molecule has 0 bridgehead atoms. The molecule has 0 saturated carbocycles. The molecule has 5 N–H and O–H groups in total. The Morgan fingerprint density at radius 1 is 1.30 bits per heavy atom. The molecule has 7 heteroatoms. The first-order valence-electron chi connectivity index (χ1n) is 6.22. The van der Waals surface area contributed by atoms with Crippen LogP contribution in [0.4, 0.5) is 5.69 Å². The van der Waals surface area contributed by atoms with Crippen molar-refractivity contribution in [3.05, 3.63) is 29.8 Å². The molecule has 0 aromatic heterocycles. The van der Waals surface area contributed by atoms with Gasteiger partial charge in [0.05, 0.1) is 6.61 Å². The molecular formula is C13H20N4O3. The summed E-state index contributed by atoms with van der Waals surface area (Å²) in [4.78, 5) is 23.6. The number of nitrogen functional groups attached to an aromatic ring is 1.